The molecule has 3 rings (SSSR count). The molecule has 0 bridgehead atoms. The number of hydrogen-bond acceptors (Lipinski definition) is 5. The van der Waals surface area contributed by atoms with Gasteiger partial charge in [0.05, 0.1) is 25.4 Å². The number of hydrogen-bond donors (Lipinski definition) is 2. The summed E-state index contributed by atoms with van der Waals surface area (Å²) in [6.07, 6.45) is 4.41. The van der Waals surface area contributed by atoms with Crippen LogP contribution in [0, 0.1) is 12.8 Å². The normalized spacial score (nSPS) is 15.5. The molecule has 0 spiro atoms. The van der Waals surface area contributed by atoms with Gasteiger partial charge in [-0.2, -0.15) is 0 Å². The molecule has 1 aliphatic rings. The van der Waals surface area contributed by atoms with E-state index in [0.717, 1.165) is 42.4 Å². The summed E-state index contributed by atoms with van der Waals surface area (Å²) in [7, 11) is 0. The molecule has 0 amide bonds. The van der Waals surface area contributed by atoms with Crippen molar-refractivity contribution >= 4 is 5.97 Å². The number of β-amino-alcohol motifs (C(OH)–C–C–N with tert-alkyl or cyclic N) is 1. The van der Waals surface area contributed by atoms with Crippen LogP contribution in [0.2, 0.25) is 0 Å². The van der Waals surface area contributed by atoms with Crippen LogP contribution in [0.5, 0.6) is 0 Å². The van der Waals surface area contributed by atoms with Gasteiger partial charge in [-0.25, -0.2) is 0 Å². The molecule has 0 heterocycles. The molecular weight excluding hydrogens is 450 g/mol. The van der Waals surface area contributed by atoms with Crippen LogP contribution in [0.4, 0.5) is 0 Å². The summed E-state index contributed by atoms with van der Waals surface area (Å²) < 4.78 is 11.3. The first kappa shape index (κ1) is 28.4. The van der Waals surface area contributed by atoms with Gasteiger partial charge >= 0.3 is 5.97 Å². The second kappa shape index (κ2) is 13.4. The monoisotopic (exact) mass is 495 g/mol. The van der Waals surface area contributed by atoms with Gasteiger partial charge in [-0.15, -0.1) is 0 Å². The lowest BCUT2D eigenvalue weighted by Gasteiger charge is -2.31. The Hall–Kier alpha value is -2.21. The number of carbonyl (C=O) groups is 1. The minimum atomic E-state index is -0.590. The molecule has 0 aromatic heterocycles. The molecule has 0 saturated carbocycles. The summed E-state index contributed by atoms with van der Waals surface area (Å²) in [6, 6.07) is 15.1. The Labute approximate surface area is 217 Å². The number of aliphatic hydroxyl groups excluding tert-OH is 1. The molecule has 1 aliphatic carbocycles. The minimum absolute atomic E-state index is 0.0604. The smallest absolute Gasteiger partial charge is 0.306 e. The van der Waals surface area contributed by atoms with Gasteiger partial charge in [-0.05, 0) is 88.0 Å². The zero-order valence-corrected chi connectivity index (χ0v) is 22.8. The van der Waals surface area contributed by atoms with Crippen LogP contribution in [-0.4, -0.2) is 42.5 Å². The largest absolute Gasteiger partial charge is 0.466 e. The van der Waals surface area contributed by atoms with Crippen LogP contribution >= 0.6 is 0 Å². The predicted molar refractivity (Wildman–Crippen MR) is 145 cm³/mol. The number of nitrogens with one attached hydrogen (secondary N) is 1. The van der Waals surface area contributed by atoms with E-state index < -0.39 is 6.10 Å². The summed E-state index contributed by atoms with van der Waals surface area (Å²) in [4.78, 5) is 11.9. The molecule has 5 nitrogen and oxygen atoms in total. The molecule has 2 aromatic carbocycles. The Balaban J connectivity index is 1.49. The van der Waals surface area contributed by atoms with Crippen LogP contribution in [0.1, 0.15) is 80.9 Å². The van der Waals surface area contributed by atoms with E-state index >= 15 is 0 Å². The van der Waals surface area contributed by atoms with E-state index in [1.54, 1.807) is 0 Å². The van der Waals surface area contributed by atoms with E-state index in [0.29, 0.717) is 31.9 Å². The number of ether oxygens (including phenoxy) is 2. The fourth-order valence-electron chi connectivity index (χ4n) is 5.43. The van der Waals surface area contributed by atoms with Gasteiger partial charge in [0, 0.05) is 18.5 Å². The molecule has 198 valence electrons. The summed E-state index contributed by atoms with van der Waals surface area (Å²) in [5.74, 6) is 0.460. The van der Waals surface area contributed by atoms with Gasteiger partial charge in [0.25, 0.3) is 0 Å². The molecule has 2 atom stereocenters. The maximum atomic E-state index is 11.9. The Morgan fingerprint density at radius 3 is 2.47 bits per heavy atom. The number of fused-ring (bicyclic) bond motifs is 1. The Kier molecular flexibility index (Phi) is 10.5. The Morgan fingerprint density at radius 2 is 1.83 bits per heavy atom. The third-order valence-electron chi connectivity index (χ3n) is 7.16. The van der Waals surface area contributed by atoms with E-state index in [9.17, 15) is 9.90 Å². The third kappa shape index (κ3) is 8.43. The van der Waals surface area contributed by atoms with Crippen molar-refractivity contribution < 1.29 is 19.4 Å². The minimum Gasteiger partial charge on any atom is -0.466 e. The lowest BCUT2D eigenvalue weighted by atomic mass is 9.88. The molecule has 2 aromatic rings. The van der Waals surface area contributed by atoms with Crippen molar-refractivity contribution in [1.82, 2.24) is 5.32 Å². The van der Waals surface area contributed by atoms with Crippen molar-refractivity contribution in [3.63, 3.8) is 0 Å². The maximum Gasteiger partial charge on any atom is 0.306 e. The molecule has 0 fully saturated rings. The maximum absolute atomic E-state index is 11.9. The van der Waals surface area contributed by atoms with Gasteiger partial charge in [0.2, 0.25) is 0 Å². The first-order valence-corrected chi connectivity index (χ1v) is 13.6. The number of aryl methyl sites for hydroxylation is 2. The average Bonchev–Trinajstić information content (AvgIpc) is 3.24. The predicted octanol–water partition coefficient (Wildman–Crippen LogP) is 5.49. The van der Waals surface area contributed by atoms with Gasteiger partial charge in [-0.3, -0.25) is 4.79 Å². The second-order valence-electron chi connectivity index (χ2n) is 10.9. The molecule has 2 N–H and O–H groups in total. The van der Waals surface area contributed by atoms with E-state index in [1.807, 2.05) is 6.92 Å². The van der Waals surface area contributed by atoms with Crippen LogP contribution in [0.15, 0.2) is 42.5 Å². The first-order valence-electron chi connectivity index (χ1n) is 13.6. The quantitative estimate of drug-likeness (QED) is 0.339. The van der Waals surface area contributed by atoms with Crippen molar-refractivity contribution in [2.75, 3.05) is 19.8 Å². The van der Waals surface area contributed by atoms with E-state index in [-0.39, 0.29) is 24.2 Å². The number of aliphatic hydroxyl groups is 1. The van der Waals surface area contributed by atoms with E-state index in [1.165, 1.54) is 11.1 Å². The van der Waals surface area contributed by atoms with Gasteiger partial charge in [0.15, 0.2) is 0 Å². The summed E-state index contributed by atoms with van der Waals surface area (Å²) in [5.41, 5.74) is 6.26. The highest BCUT2D eigenvalue weighted by molar-refractivity contribution is 5.69. The molecule has 36 heavy (non-hydrogen) atoms. The third-order valence-corrected chi connectivity index (χ3v) is 7.16. The topological polar surface area (TPSA) is 67.8 Å². The highest BCUT2D eigenvalue weighted by atomic mass is 16.5. The van der Waals surface area contributed by atoms with Crippen molar-refractivity contribution in [1.29, 1.82) is 0 Å². The Bertz CT molecular complexity index is 961. The van der Waals surface area contributed by atoms with Crippen molar-refractivity contribution in [3.8, 4) is 0 Å². The highest BCUT2D eigenvalue weighted by Gasteiger charge is 2.28. The van der Waals surface area contributed by atoms with Crippen molar-refractivity contribution in [3.05, 3.63) is 70.3 Å². The standard InChI is InChI=1S/C31H45NO4/c1-6-29(28-14-12-22(3)16-26(28)13-15-30(34)35-7-2)36-21-27(33)20-32-31(4,5)19-23-17-24-10-8-9-11-25(24)18-23/h8-12,14,16,23,27,29,32-33H,6-7,13,15,17-21H2,1-5H3/t27-,29?/m1/s1. The second-order valence-corrected chi connectivity index (χ2v) is 10.9. The van der Waals surface area contributed by atoms with Crippen LogP contribution in [0.3, 0.4) is 0 Å². The Morgan fingerprint density at radius 1 is 1.14 bits per heavy atom. The first-order chi connectivity index (χ1) is 17.2. The van der Waals surface area contributed by atoms with Crippen molar-refractivity contribution in [2.45, 2.75) is 90.9 Å². The molecule has 0 aliphatic heterocycles. The van der Waals surface area contributed by atoms with Crippen LogP contribution in [-0.2, 0) is 33.5 Å². The van der Waals surface area contributed by atoms with E-state index in [2.05, 4.69) is 75.5 Å². The van der Waals surface area contributed by atoms with Gasteiger partial charge < -0.3 is 19.9 Å². The lowest BCUT2D eigenvalue weighted by molar-refractivity contribution is -0.143. The fraction of sp³-hybridized carbons (Fsp3) is 0.581. The highest BCUT2D eigenvalue weighted by Crippen LogP contribution is 2.32. The average molecular weight is 496 g/mol. The molecule has 5 heteroatoms. The SMILES string of the molecule is CCOC(=O)CCc1cc(C)ccc1C(CC)OC[C@H](O)CNC(C)(C)CC1Cc2ccccc2C1. The van der Waals surface area contributed by atoms with Crippen molar-refractivity contribution in [2.24, 2.45) is 5.92 Å². The zero-order valence-electron chi connectivity index (χ0n) is 22.8. The number of benzene rings is 2. The van der Waals surface area contributed by atoms with Crippen LogP contribution in [0.25, 0.3) is 0 Å². The number of esters is 1. The summed E-state index contributed by atoms with van der Waals surface area (Å²) in [5, 5.41) is 14.3. The molecule has 0 radical (unpaired) electrons. The molecule has 1 unspecified atom stereocenters. The zero-order chi connectivity index (χ0) is 26.1. The van der Waals surface area contributed by atoms with Gasteiger partial charge in [-0.1, -0.05) is 55.0 Å². The summed E-state index contributed by atoms with van der Waals surface area (Å²) >= 11 is 0. The van der Waals surface area contributed by atoms with Gasteiger partial charge in [0.1, 0.15) is 0 Å². The lowest BCUT2D eigenvalue weighted by Crippen LogP contribution is -2.45. The van der Waals surface area contributed by atoms with E-state index in [4.69, 9.17) is 9.47 Å². The molecular formula is C31H45NO4. The van der Waals surface area contributed by atoms with Crippen LogP contribution < -0.4 is 5.32 Å². The fourth-order valence-corrected chi connectivity index (χ4v) is 5.43. The summed E-state index contributed by atoms with van der Waals surface area (Å²) in [6.45, 7) is 11.6. The number of carbonyl (C=O) groups excluding carboxylic acids is 1. The number of rotatable bonds is 14. The molecule has 0 saturated heterocycles.